The number of likely N-dealkylation sites (tertiary alicyclic amines) is 1. The Kier molecular flexibility index (Phi) is 3.92. The van der Waals surface area contributed by atoms with Crippen LogP contribution in [-0.4, -0.2) is 44.3 Å². The molecule has 0 aromatic carbocycles. The van der Waals surface area contributed by atoms with Gasteiger partial charge in [0.1, 0.15) is 9.84 Å². The van der Waals surface area contributed by atoms with E-state index in [2.05, 4.69) is 0 Å². The molecule has 0 saturated carbocycles. The fraction of sp³-hybridized carbons (Fsp3) is 0.889. The molecule has 14 heavy (non-hydrogen) atoms. The highest BCUT2D eigenvalue weighted by molar-refractivity contribution is 7.91. The molecule has 2 fully saturated rings. The van der Waals surface area contributed by atoms with Crippen molar-refractivity contribution < 1.29 is 13.2 Å². The van der Waals surface area contributed by atoms with Gasteiger partial charge in [0.2, 0.25) is 5.91 Å². The first kappa shape index (κ1) is 11.5. The number of carbonyl (C=O) groups is 1. The van der Waals surface area contributed by atoms with Crippen LogP contribution in [0.1, 0.15) is 25.7 Å². The van der Waals surface area contributed by atoms with E-state index in [-0.39, 0.29) is 0 Å². The number of amides is 1. The van der Waals surface area contributed by atoms with Crippen LogP contribution in [-0.2, 0) is 14.6 Å². The van der Waals surface area contributed by atoms with Crippen molar-refractivity contribution >= 4 is 15.7 Å². The van der Waals surface area contributed by atoms with Crippen LogP contribution < -0.4 is 0 Å². The minimum atomic E-state index is -2.55. The van der Waals surface area contributed by atoms with Crippen molar-refractivity contribution in [3.8, 4) is 0 Å². The molecule has 0 bridgehead atoms. The molecule has 4 nitrogen and oxygen atoms in total. The van der Waals surface area contributed by atoms with E-state index in [4.69, 9.17) is 0 Å². The average molecular weight is 219 g/mol. The Hall–Kier alpha value is -0.580. The van der Waals surface area contributed by atoms with Gasteiger partial charge in [-0.05, 0) is 19.3 Å². The fourth-order valence-corrected chi connectivity index (χ4v) is 3.02. The second kappa shape index (κ2) is 4.77. The topological polar surface area (TPSA) is 54.5 Å². The molecule has 2 aliphatic heterocycles. The van der Waals surface area contributed by atoms with E-state index >= 15 is 0 Å². The van der Waals surface area contributed by atoms with Crippen LogP contribution in [0.2, 0.25) is 0 Å². The molecule has 0 N–H and O–H groups in total. The summed E-state index contributed by atoms with van der Waals surface area (Å²) < 4.78 is 20.9. The van der Waals surface area contributed by atoms with Crippen LogP contribution in [0, 0.1) is 0 Å². The maximum Gasteiger partial charge on any atom is 0.222 e. The third-order valence-corrected chi connectivity index (χ3v) is 4.29. The maximum absolute atomic E-state index is 10.5. The summed E-state index contributed by atoms with van der Waals surface area (Å²) in [4.78, 5) is 12.3. The van der Waals surface area contributed by atoms with Gasteiger partial charge in [0.05, 0.1) is 11.5 Å². The van der Waals surface area contributed by atoms with Crippen molar-refractivity contribution in [3.63, 3.8) is 0 Å². The van der Waals surface area contributed by atoms with Gasteiger partial charge in [-0.25, -0.2) is 8.42 Å². The molecule has 2 heterocycles. The summed E-state index contributed by atoms with van der Waals surface area (Å²) in [6, 6.07) is 0. The first-order chi connectivity index (χ1) is 6.51. The third-order valence-electron chi connectivity index (χ3n) is 2.47. The summed E-state index contributed by atoms with van der Waals surface area (Å²) in [5, 5.41) is 0. The zero-order valence-electron chi connectivity index (χ0n) is 8.53. The van der Waals surface area contributed by atoms with Crippen molar-refractivity contribution in [2.24, 2.45) is 0 Å². The van der Waals surface area contributed by atoms with Gasteiger partial charge in [-0.3, -0.25) is 4.79 Å². The lowest BCUT2D eigenvalue weighted by Crippen LogP contribution is -2.17. The highest BCUT2D eigenvalue weighted by Crippen LogP contribution is 2.08. The van der Waals surface area contributed by atoms with E-state index in [0.717, 1.165) is 32.2 Å². The van der Waals surface area contributed by atoms with Gasteiger partial charge in [-0.2, -0.15) is 0 Å². The van der Waals surface area contributed by atoms with E-state index in [1.54, 1.807) is 4.90 Å². The van der Waals surface area contributed by atoms with Crippen molar-refractivity contribution in [2.45, 2.75) is 25.7 Å². The predicted octanol–water partition coefficient (Wildman–Crippen LogP) is 0.434. The fourth-order valence-electron chi connectivity index (χ4n) is 1.53. The van der Waals surface area contributed by atoms with E-state index < -0.39 is 9.84 Å². The Bertz CT molecular complexity index is 285. The van der Waals surface area contributed by atoms with Gasteiger partial charge in [0.15, 0.2) is 0 Å². The van der Waals surface area contributed by atoms with Gasteiger partial charge in [-0.15, -0.1) is 0 Å². The molecule has 5 heteroatoms. The van der Waals surface area contributed by atoms with Crippen molar-refractivity contribution in [3.05, 3.63) is 0 Å². The summed E-state index contributed by atoms with van der Waals surface area (Å²) in [6.45, 7) is 0.957. The molecule has 0 aromatic heterocycles. The second-order valence-electron chi connectivity index (χ2n) is 3.78. The number of rotatable bonds is 0. The van der Waals surface area contributed by atoms with Crippen LogP contribution in [0.25, 0.3) is 0 Å². The van der Waals surface area contributed by atoms with Crippen LogP contribution >= 0.6 is 0 Å². The predicted molar refractivity (Wildman–Crippen MR) is 54.8 cm³/mol. The number of hydrogen-bond donors (Lipinski definition) is 0. The minimum absolute atomic E-state index is 0.292. The normalized spacial score (nSPS) is 24.6. The van der Waals surface area contributed by atoms with Crippen molar-refractivity contribution in [1.29, 1.82) is 0 Å². The summed E-state index contributed by atoms with van der Waals surface area (Å²) >= 11 is 0. The van der Waals surface area contributed by atoms with Crippen LogP contribution in [0.3, 0.4) is 0 Å². The summed E-state index contributed by atoms with van der Waals surface area (Å²) in [6.07, 6.45) is 3.57. The molecule has 0 radical (unpaired) electrons. The molecule has 82 valence electrons. The molecule has 0 spiro atoms. The summed E-state index contributed by atoms with van der Waals surface area (Å²) in [7, 11) is -0.704. The van der Waals surface area contributed by atoms with E-state index in [0.29, 0.717) is 17.4 Å². The molecular formula is C9H17NO3S. The maximum atomic E-state index is 10.5. The standard InChI is InChI=1S/C5H9NO.C4H8O2S/c1-6-4-2-3-5(6)7;5-7(6)3-1-2-4-7/h2-4H2,1H3;1-4H2. The first-order valence-electron chi connectivity index (χ1n) is 4.96. The molecule has 2 saturated heterocycles. The number of carbonyl (C=O) groups excluding carboxylic acids is 1. The summed E-state index contributed by atoms with van der Waals surface area (Å²) in [5.41, 5.74) is 0. The second-order valence-corrected chi connectivity index (χ2v) is 6.08. The quantitative estimate of drug-likeness (QED) is 0.594. The molecule has 0 atom stereocenters. The zero-order valence-corrected chi connectivity index (χ0v) is 9.35. The first-order valence-corrected chi connectivity index (χ1v) is 6.78. The molecule has 2 rings (SSSR count). The largest absolute Gasteiger partial charge is 0.346 e. The Balaban J connectivity index is 0.000000140. The molecule has 0 aliphatic carbocycles. The third kappa shape index (κ3) is 3.65. The monoisotopic (exact) mass is 219 g/mol. The number of hydrogen-bond acceptors (Lipinski definition) is 3. The van der Waals surface area contributed by atoms with Crippen molar-refractivity contribution in [1.82, 2.24) is 4.90 Å². The van der Waals surface area contributed by atoms with Crippen molar-refractivity contribution in [2.75, 3.05) is 25.1 Å². The van der Waals surface area contributed by atoms with Crippen LogP contribution in [0.4, 0.5) is 0 Å². The Morgan fingerprint density at radius 3 is 1.86 bits per heavy atom. The van der Waals surface area contributed by atoms with Crippen LogP contribution in [0.15, 0.2) is 0 Å². The molecule has 0 aromatic rings. The Labute approximate surface area is 85.2 Å². The smallest absolute Gasteiger partial charge is 0.222 e. The van der Waals surface area contributed by atoms with E-state index in [1.807, 2.05) is 7.05 Å². The molecular weight excluding hydrogens is 202 g/mol. The Morgan fingerprint density at radius 1 is 1.14 bits per heavy atom. The lowest BCUT2D eigenvalue weighted by atomic mass is 10.4. The lowest BCUT2D eigenvalue weighted by molar-refractivity contribution is -0.126. The van der Waals surface area contributed by atoms with Gasteiger partial charge < -0.3 is 4.90 Å². The SMILES string of the molecule is CN1CCCC1=O.O=S1(=O)CCCC1. The number of sulfone groups is 1. The van der Waals surface area contributed by atoms with E-state index in [9.17, 15) is 13.2 Å². The summed E-state index contributed by atoms with van der Waals surface area (Å²) in [5.74, 6) is 1.14. The van der Waals surface area contributed by atoms with Gasteiger partial charge in [-0.1, -0.05) is 0 Å². The average Bonchev–Trinajstić information content (AvgIpc) is 2.64. The highest BCUT2D eigenvalue weighted by Gasteiger charge is 2.16. The molecule has 1 amide bonds. The zero-order chi connectivity index (χ0) is 10.6. The molecule has 0 unspecified atom stereocenters. The highest BCUT2D eigenvalue weighted by atomic mass is 32.2. The lowest BCUT2D eigenvalue weighted by Gasteiger charge is -2.03. The van der Waals surface area contributed by atoms with Gasteiger partial charge in [0.25, 0.3) is 0 Å². The minimum Gasteiger partial charge on any atom is -0.346 e. The van der Waals surface area contributed by atoms with Gasteiger partial charge in [0, 0.05) is 20.0 Å². The number of nitrogens with zero attached hydrogens (tertiary/aromatic N) is 1. The Morgan fingerprint density at radius 2 is 1.71 bits per heavy atom. The van der Waals surface area contributed by atoms with Crippen LogP contribution in [0.5, 0.6) is 0 Å². The molecule has 2 aliphatic rings. The van der Waals surface area contributed by atoms with E-state index in [1.165, 1.54) is 0 Å². The van der Waals surface area contributed by atoms with Gasteiger partial charge >= 0.3 is 0 Å².